The zero-order chi connectivity index (χ0) is 29.6. The van der Waals surface area contributed by atoms with Gasteiger partial charge in [-0.05, 0) is 99.6 Å². The van der Waals surface area contributed by atoms with Crippen molar-refractivity contribution in [3.8, 4) is 0 Å². The smallest absolute Gasteiger partial charge is 0.0835 e. The van der Waals surface area contributed by atoms with Crippen molar-refractivity contribution in [1.29, 1.82) is 0 Å². The summed E-state index contributed by atoms with van der Waals surface area (Å²) in [4.78, 5) is 15.0. The summed E-state index contributed by atoms with van der Waals surface area (Å²) < 4.78 is 0. The third kappa shape index (κ3) is 10.2. The molecule has 3 rings (SSSR count). The Morgan fingerprint density at radius 1 is 0.561 bits per heavy atom. The summed E-state index contributed by atoms with van der Waals surface area (Å²) in [5.41, 5.74) is 11.7. The third-order valence-electron chi connectivity index (χ3n) is 7.50. The second kappa shape index (κ2) is 17.2. The van der Waals surface area contributed by atoms with Crippen LogP contribution < -0.4 is 0 Å². The fraction of sp³-hybridized carbons (Fsp3) is 0.486. The molecular weight excluding hydrogens is 522 g/mol. The highest BCUT2D eigenvalue weighted by atomic mass is 35.5. The predicted octanol–water partition coefficient (Wildman–Crippen LogP) is 11.2. The Labute approximate surface area is 254 Å². The monoisotopic (exact) mass is 571 g/mol. The van der Waals surface area contributed by atoms with Crippen LogP contribution >= 0.6 is 11.6 Å². The number of rotatable bonds is 16. The number of nitrogens with zero attached hydrogens (tertiary/aromatic N) is 3. The lowest BCUT2D eigenvalue weighted by Crippen LogP contribution is -1.98. The fourth-order valence-electron chi connectivity index (χ4n) is 5.36. The van der Waals surface area contributed by atoms with Gasteiger partial charge < -0.3 is 0 Å². The van der Waals surface area contributed by atoms with Crippen molar-refractivity contribution >= 4 is 35.4 Å². The average molecular weight is 572 g/mol. The van der Waals surface area contributed by atoms with Crippen LogP contribution in [-0.4, -0.2) is 17.4 Å². The van der Waals surface area contributed by atoms with E-state index in [0.29, 0.717) is 5.02 Å². The van der Waals surface area contributed by atoms with Gasteiger partial charge in [0.2, 0.25) is 0 Å². The summed E-state index contributed by atoms with van der Waals surface area (Å²) in [5.74, 6) is 0. The molecule has 0 atom stereocenters. The van der Waals surface area contributed by atoms with Crippen molar-refractivity contribution in [2.24, 2.45) is 9.98 Å². The highest BCUT2D eigenvalue weighted by Gasteiger charge is 2.11. The van der Waals surface area contributed by atoms with Crippen LogP contribution in [0.4, 0.5) is 11.4 Å². The molecule has 1 heterocycles. The zero-order valence-electron chi connectivity index (χ0n) is 26.3. The maximum absolute atomic E-state index is 6.59. The number of aryl methyl sites for hydroxylation is 6. The van der Waals surface area contributed by atoms with E-state index in [9.17, 15) is 0 Å². The van der Waals surface area contributed by atoms with E-state index in [1.165, 1.54) is 59.1 Å². The van der Waals surface area contributed by atoms with E-state index in [4.69, 9.17) is 26.6 Å². The second-order valence-corrected chi connectivity index (χ2v) is 11.9. The fourth-order valence-corrected chi connectivity index (χ4v) is 5.59. The number of unbranched alkanes of at least 4 members (excludes halogenated alkanes) is 4. The molecule has 0 bridgehead atoms. The van der Waals surface area contributed by atoms with E-state index in [-0.39, 0.29) is 0 Å². The van der Waals surface area contributed by atoms with Gasteiger partial charge >= 0.3 is 0 Å². The molecule has 2 aromatic carbocycles. The van der Waals surface area contributed by atoms with Crippen LogP contribution in [0.5, 0.6) is 0 Å². The van der Waals surface area contributed by atoms with Gasteiger partial charge in [-0.15, -0.1) is 0 Å². The Bertz CT molecular complexity index is 1170. The number of hydrogen-bond donors (Lipinski definition) is 0. The Balaban J connectivity index is 1.98. The molecule has 0 spiro atoms. The van der Waals surface area contributed by atoms with Crippen LogP contribution in [0.3, 0.4) is 0 Å². The van der Waals surface area contributed by atoms with E-state index in [2.05, 4.69) is 65.8 Å². The molecule has 0 aliphatic rings. The molecular formula is C37H50ClN3. The Hall–Kier alpha value is -2.78. The van der Waals surface area contributed by atoms with Crippen molar-refractivity contribution in [3.05, 3.63) is 86.2 Å². The van der Waals surface area contributed by atoms with Crippen molar-refractivity contribution in [1.82, 2.24) is 4.98 Å². The molecule has 220 valence electrons. The normalized spacial score (nSPS) is 11.8. The number of benzene rings is 2. The first kappa shape index (κ1) is 32.7. The summed E-state index contributed by atoms with van der Waals surface area (Å²) in [6.45, 7) is 13.4. The van der Waals surface area contributed by atoms with Gasteiger partial charge in [0.25, 0.3) is 0 Å². The van der Waals surface area contributed by atoms with Gasteiger partial charge in [-0.3, -0.25) is 9.98 Å². The average Bonchev–Trinajstić information content (AvgIpc) is 2.95. The van der Waals surface area contributed by atoms with E-state index in [0.717, 1.165) is 74.1 Å². The van der Waals surface area contributed by atoms with Crippen LogP contribution in [0.2, 0.25) is 5.02 Å². The molecule has 0 N–H and O–H groups in total. The number of aliphatic imine (C=N–C) groups is 2. The lowest BCUT2D eigenvalue weighted by molar-refractivity contribution is 0.780. The van der Waals surface area contributed by atoms with Crippen LogP contribution in [-0.2, 0) is 25.7 Å². The maximum atomic E-state index is 6.59. The van der Waals surface area contributed by atoms with Gasteiger partial charge in [0.1, 0.15) is 0 Å². The molecule has 0 radical (unpaired) electrons. The molecule has 0 unspecified atom stereocenters. The highest BCUT2D eigenvalue weighted by molar-refractivity contribution is 6.31. The van der Waals surface area contributed by atoms with E-state index >= 15 is 0 Å². The lowest BCUT2D eigenvalue weighted by Gasteiger charge is -2.13. The molecule has 4 heteroatoms. The standard InChI is InChI=1S/C37H50ClN3/c1-7-11-15-29-19-27(5)20-30(16-12-8-2)36(29)39-25-34-23-33(38)24-35(41-34)26-40-37-31(17-13-9-3)21-28(6)22-32(37)18-14-10-4/h19-26H,7-18H2,1-6H3. The van der Waals surface area contributed by atoms with Gasteiger partial charge in [-0.2, -0.15) is 0 Å². The maximum Gasteiger partial charge on any atom is 0.0835 e. The molecule has 1 aromatic heterocycles. The van der Waals surface area contributed by atoms with Gasteiger partial charge in [0.15, 0.2) is 0 Å². The van der Waals surface area contributed by atoms with Crippen molar-refractivity contribution < 1.29 is 0 Å². The minimum Gasteiger partial charge on any atom is -0.254 e. The summed E-state index contributed by atoms with van der Waals surface area (Å²) in [5, 5.41) is 0.644. The van der Waals surface area contributed by atoms with Gasteiger partial charge in [-0.25, -0.2) is 4.98 Å². The minimum atomic E-state index is 0.644. The first-order valence-corrected chi connectivity index (χ1v) is 16.3. The summed E-state index contributed by atoms with van der Waals surface area (Å²) >= 11 is 6.59. The van der Waals surface area contributed by atoms with Crippen molar-refractivity contribution in [2.75, 3.05) is 0 Å². The predicted molar refractivity (Wildman–Crippen MR) is 181 cm³/mol. The lowest BCUT2D eigenvalue weighted by atomic mass is 9.96. The van der Waals surface area contributed by atoms with E-state index in [1.807, 2.05) is 24.6 Å². The van der Waals surface area contributed by atoms with Crippen LogP contribution in [0.25, 0.3) is 0 Å². The van der Waals surface area contributed by atoms with Crippen LogP contribution in [0.15, 0.2) is 46.4 Å². The van der Waals surface area contributed by atoms with Crippen LogP contribution in [0, 0.1) is 13.8 Å². The first-order valence-electron chi connectivity index (χ1n) is 15.9. The zero-order valence-corrected chi connectivity index (χ0v) is 27.1. The molecule has 0 fully saturated rings. The topological polar surface area (TPSA) is 37.6 Å². The molecule has 0 saturated heterocycles. The summed E-state index contributed by atoms with van der Waals surface area (Å²) in [7, 11) is 0. The molecule has 3 nitrogen and oxygen atoms in total. The molecule has 0 aliphatic carbocycles. The first-order chi connectivity index (χ1) is 19.9. The third-order valence-corrected chi connectivity index (χ3v) is 7.72. The van der Waals surface area contributed by atoms with Crippen molar-refractivity contribution in [3.63, 3.8) is 0 Å². The number of aromatic nitrogens is 1. The molecule has 3 aromatic rings. The van der Waals surface area contributed by atoms with E-state index in [1.54, 1.807) is 0 Å². The molecule has 0 saturated carbocycles. The number of halogens is 1. The van der Waals surface area contributed by atoms with Gasteiger partial charge in [-0.1, -0.05) is 100 Å². The molecule has 0 amide bonds. The minimum absolute atomic E-state index is 0.644. The Morgan fingerprint density at radius 2 is 0.878 bits per heavy atom. The quantitative estimate of drug-likeness (QED) is 0.157. The SMILES string of the molecule is CCCCc1cc(C)cc(CCCC)c1N=Cc1cc(Cl)cc(C=Nc2c(CCCC)cc(C)cc2CCCC)n1. The molecule has 41 heavy (non-hydrogen) atoms. The second-order valence-electron chi connectivity index (χ2n) is 11.4. The van der Waals surface area contributed by atoms with E-state index < -0.39 is 0 Å². The highest BCUT2D eigenvalue weighted by Crippen LogP contribution is 2.31. The van der Waals surface area contributed by atoms with Crippen molar-refractivity contribution in [2.45, 2.75) is 119 Å². The van der Waals surface area contributed by atoms with Crippen LogP contribution in [0.1, 0.15) is 124 Å². The largest absolute Gasteiger partial charge is 0.254 e. The summed E-state index contributed by atoms with van der Waals surface area (Å²) in [6.07, 6.45) is 17.3. The van der Waals surface area contributed by atoms with Gasteiger partial charge in [0.05, 0.1) is 35.2 Å². The Morgan fingerprint density at radius 3 is 1.17 bits per heavy atom. The number of pyridine rings is 1. The Kier molecular flexibility index (Phi) is 13.8. The van der Waals surface area contributed by atoms with Gasteiger partial charge in [0, 0.05) is 5.02 Å². The summed E-state index contributed by atoms with van der Waals surface area (Å²) in [6, 6.07) is 13.0. The molecule has 0 aliphatic heterocycles. The number of hydrogen-bond acceptors (Lipinski definition) is 3.